The number of benzene rings is 1. The zero-order chi connectivity index (χ0) is 20.4. The topological polar surface area (TPSA) is 73.8 Å². The van der Waals surface area contributed by atoms with Gasteiger partial charge >= 0.3 is 0 Å². The van der Waals surface area contributed by atoms with Gasteiger partial charge in [0.15, 0.2) is 0 Å². The van der Waals surface area contributed by atoms with Gasteiger partial charge in [-0.1, -0.05) is 0 Å². The van der Waals surface area contributed by atoms with Crippen molar-refractivity contribution in [3.8, 4) is 0 Å². The van der Waals surface area contributed by atoms with Crippen LogP contribution in [0.4, 0.5) is 5.69 Å². The number of pyridine rings is 1. The number of nitrogens with zero attached hydrogens (tertiary/aromatic N) is 4. The van der Waals surface area contributed by atoms with E-state index in [2.05, 4.69) is 4.98 Å². The molecule has 0 N–H and O–H groups in total. The number of amides is 3. The summed E-state index contributed by atoms with van der Waals surface area (Å²) in [4.78, 5) is 46.8. The Morgan fingerprint density at radius 2 is 1.48 bits per heavy atom. The second kappa shape index (κ2) is 8.03. The van der Waals surface area contributed by atoms with E-state index in [-0.39, 0.29) is 17.7 Å². The van der Waals surface area contributed by atoms with E-state index in [0.29, 0.717) is 43.9 Å². The Morgan fingerprint density at radius 1 is 0.828 bits per heavy atom. The predicted octanol–water partition coefficient (Wildman–Crippen LogP) is 1.98. The average Bonchev–Trinajstić information content (AvgIpc) is 3.02. The van der Waals surface area contributed by atoms with Gasteiger partial charge in [-0.2, -0.15) is 0 Å². The third-order valence-electron chi connectivity index (χ3n) is 5.60. The number of rotatable bonds is 2. The van der Waals surface area contributed by atoms with Crippen molar-refractivity contribution in [3.63, 3.8) is 0 Å². The first-order valence-corrected chi connectivity index (χ1v) is 9.94. The number of carbonyl (C=O) groups excluding carboxylic acids is 3. The summed E-state index contributed by atoms with van der Waals surface area (Å²) in [6.07, 6.45) is 4.74. The van der Waals surface area contributed by atoms with Gasteiger partial charge in [0.05, 0.1) is 0 Å². The van der Waals surface area contributed by atoms with Crippen molar-refractivity contribution in [3.05, 3.63) is 59.4 Å². The molecule has 1 saturated heterocycles. The van der Waals surface area contributed by atoms with Gasteiger partial charge in [0.1, 0.15) is 0 Å². The second-order valence-electron chi connectivity index (χ2n) is 7.44. The molecule has 7 heteroatoms. The molecule has 29 heavy (non-hydrogen) atoms. The zero-order valence-corrected chi connectivity index (χ0v) is 16.5. The second-order valence-corrected chi connectivity index (χ2v) is 7.44. The van der Waals surface area contributed by atoms with Crippen molar-refractivity contribution in [2.75, 3.05) is 37.6 Å². The highest BCUT2D eigenvalue weighted by Gasteiger charge is 2.26. The third kappa shape index (κ3) is 3.85. The molecule has 0 spiro atoms. The Bertz CT molecular complexity index is 944. The van der Waals surface area contributed by atoms with Crippen LogP contribution < -0.4 is 4.90 Å². The molecular weight excluding hydrogens is 368 g/mol. The number of hydrogen-bond donors (Lipinski definition) is 0. The van der Waals surface area contributed by atoms with E-state index < -0.39 is 0 Å². The molecule has 3 amide bonds. The van der Waals surface area contributed by atoms with Crippen LogP contribution >= 0.6 is 0 Å². The number of fused-ring (bicyclic) bond motifs is 1. The molecule has 0 atom stereocenters. The van der Waals surface area contributed by atoms with Crippen molar-refractivity contribution in [2.24, 2.45) is 0 Å². The first-order chi connectivity index (χ1) is 14.0. The third-order valence-corrected chi connectivity index (χ3v) is 5.60. The molecule has 0 unspecified atom stereocenters. The average molecular weight is 392 g/mol. The van der Waals surface area contributed by atoms with Crippen LogP contribution in [0.1, 0.15) is 39.6 Å². The van der Waals surface area contributed by atoms with Crippen LogP contribution in [0, 0.1) is 0 Å². The van der Waals surface area contributed by atoms with E-state index in [0.717, 1.165) is 24.1 Å². The van der Waals surface area contributed by atoms with Crippen LogP contribution in [-0.2, 0) is 11.2 Å². The number of carbonyl (C=O) groups is 3. The SMILES string of the molecule is CC(=O)N1CCc2cc(C(=O)N3CCCN(C(=O)c4ccncc4)CC3)ccc21. The van der Waals surface area contributed by atoms with Gasteiger partial charge in [0.25, 0.3) is 11.8 Å². The molecule has 3 heterocycles. The molecule has 1 fully saturated rings. The first-order valence-electron chi connectivity index (χ1n) is 9.94. The normalized spacial score (nSPS) is 16.4. The number of hydrogen-bond acceptors (Lipinski definition) is 4. The molecule has 1 aromatic heterocycles. The highest BCUT2D eigenvalue weighted by atomic mass is 16.2. The number of anilines is 1. The highest BCUT2D eigenvalue weighted by Crippen LogP contribution is 2.29. The van der Waals surface area contributed by atoms with Gasteiger partial charge in [0.2, 0.25) is 5.91 Å². The minimum absolute atomic E-state index is 0.0210. The molecular formula is C22H24N4O3. The van der Waals surface area contributed by atoms with Crippen molar-refractivity contribution in [1.82, 2.24) is 14.8 Å². The van der Waals surface area contributed by atoms with Crippen molar-refractivity contribution in [2.45, 2.75) is 19.8 Å². The van der Waals surface area contributed by atoms with E-state index >= 15 is 0 Å². The maximum Gasteiger partial charge on any atom is 0.254 e. The van der Waals surface area contributed by atoms with Crippen LogP contribution in [0.3, 0.4) is 0 Å². The van der Waals surface area contributed by atoms with Gasteiger partial charge in [-0.05, 0) is 48.7 Å². The molecule has 0 radical (unpaired) electrons. The van der Waals surface area contributed by atoms with Gasteiger partial charge in [0, 0.05) is 68.9 Å². The van der Waals surface area contributed by atoms with Crippen LogP contribution in [0.25, 0.3) is 0 Å². The molecule has 0 saturated carbocycles. The fraction of sp³-hybridized carbons (Fsp3) is 0.364. The van der Waals surface area contributed by atoms with Gasteiger partial charge in [-0.25, -0.2) is 0 Å². The minimum atomic E-state index is -0.0245. The van der Waals surface area contributed by atoms with Gasteiger partial charge < -0.3 is 14.7 Å². The smallest absolute Gasteiger partial charge is 0.254 e. The van der Waals surface area contributed by atoms with E-state index in [1.54, 1.807) is 47.3 Å². The molecule has 150 valence electrons. The summed E-state index contributed by atoms with van der Waals surface area (Å²) in [5, 5.41) is 0. The lowest BCUT2D eigenvalue weighted by molar-refractivity contribution is -0.116. The van der Waals surface area contributed by atoms with Crippen LogP contribution in [-0.4, -0.2) is 65.2 Å². The quantitative estimate of drug-likeness (QED) is 0.783. The fourth-order valence-corrected chi connectivity index (χ4v) is 4.05. The molecule has 2 aliphatic rings. The van der Waals surface area contributed by atoms with E-state index in [1.165, 1.54) is 0 Å². The summed E-state index contributed by atoms with van der Waals surface area (Å²) in [5.41, 5.74) is 3.20. The molecule has 0 bridgehead atoms. The monoisotopic (exact) mass is 392 g/mol. The van der Waals surface area contributed by atoms with E-state index in [4.69, 9.17) is 0 Å². The Kier molecular flexibility index (Phi) is 5.29. The zero-order valence-electron chi connectivity index (χ0n) is 16.5. The largest absolute Gasteiger partial charge is 0.337 e. The fourth-order valence-electron chi connectivity index (χ4n) is 4.05. The Labute approximate surface area is 169 Å². The van der Waals surface area contributed by atoms with Gasteiger partial charge in [-0.15, -0.1) is 0 Å². The van der Waals surface area contributed by atoms with Crippen LogP contribution in [0.15, 0.2) is 42.7 Å². The van der Waals surface area contributed by atoms with Crippen molar-refractivity contribution < 1.29 is 14.4 Å². The van der Waals surface area contributed by atoms with E-state index in [9.17, 15) is 14.4 Å². The summed E-state index contributed by atoms with van der Waals surface area (Å²) in [6.45, 7) is 4.49. The molecule has 7 nitrogen and oxygen atoms in total. The van der Waals surface area contributed by atoms with Crippen molar-refractivity contribution in [1.29, 1.82) is 0 Å². The van der Waals surface area contributed by atoms with E-state index in [1.807, 2.05) is 17.0 Å². The maximum absolute atomic E-state index is 13.0. The van der Waals surface area contributed by atoms with Crippen molar-refractivity contribution >= 4 is 23.4 Å². The lowest BCUT2D eigenvalue weighted by Gasteiger charge is -2.22. The Morgan fingerprint density at radius 3 is 2.14 bits per heavy atom. The Balaban J connectivity index is 1.44. The lowest BCUT2D eigenvalue weighted by Crippen LogP contribution is -2.37. The summed E-state index contributed by atoms with van der Waals surface area (Å²) >= 11 is 0. The standard InChI is InChI=1S/C22H24N4O3/c1-16(27)26-12-7-18-15-19(3-4-20(18)26)22(29)25-11-2-10-24(13-14-25)21(28)17-5-8-23-9-6-17/h3-6,8-9,15H,2,7,10-14H2,1H3. The minimum Gasteiger partial charge on any atom is -0.337 e. The molecule has 4 rings (SSSR count). The van der Waals surface area contributed by atoms with Crippen LogP contribution in [0.5, 0.6) is 0 Å². The summed E-state index contributed by atoms with van der Waals surface area (Å²) in [5.74, 6) is -0.0230. The lowest BCUT2D eigenvalue weighted by atomic mass is 10.1. The van der Waals surface area contributed by atoms with Gasteiger partial charge in [-0.3, -0.25) is 19.4 Å². The Hall–Kier alpha value is -3.22. The molecule has 2 aromatic rings. The molecule has 0 aliphatic carbocycles. The first kappa shape index (κ1) is 19.1. The van der Waals surface area contributed by atoms with Crippen LogP contribution in [0.2, 0.25) is 0 Å². The maximum atomic E-state index is 13.0. The number of aromatic nitrogens is 1. The summed E-state index contributed by atoms with van der Waals surface area (Å²) in [7, 11) is 0. The predicted molar refractivity (Wildman–Crippen MR) is 109 cm³/mol. The summed E-state index contributed by atoms with van der Waals surface area (Å²) < 4.78 is 0. The summed E-state index contributed by atoms with van der Waals surface area (Å²) in [6, 6.07) is 9.00. The highest BCUT2D eigenvalue weighted by molar-refractivity contribution is 5.98. The molecule has 1 aromatic carbocycles. The molecule has 2 aliphatic heterocycles.